The van der Waals surface area contributed by atoms with Crippen LogP contribution in [0.5, 0.6) is 0 Å². The molecule has 1 aliphatic carbocycles. The van der Waals surface area contributed by atoms with Gasteiger partial charge in [-0.05, 0) is 107 Å². The van der Waals surface area contributed by atoms with Crippen LogP contribution in [-0.2, 0) is 42.9 Å². The fraction of sp³-hybridized carbons (Fsp3) is 0.740. The Labute approximate surface area is 380 Å². The highest BCUT2D eigenvalue weighted by atomic mass is 16.6. The smallest absolute Gasteiger partial charge is 0.329 e. The van der Waals surface area contributed by atoms with E-state index in [1.807, 2.05) is 51.2 Å². The molecule has 3 heterocycles. The third-order valence-corrected chi connectivity index (χ3v) is 14.2. The summed E-state index contributed by atoms with van der Waals surface area (Å²) in [5.41, 5.74) is 1.24. The minimum atomic E-state index is -2.44. The van der Waals surface area contributed by atoms with Gasteiger partial charge in [0.1, 0.15) is 30.1 Å². The number of ketones is 3. The third-order valence-electron chi connectivity index (χ3n) is 14.2. The average molecular weight is 900 g/mol. The Kier molecular flexibility index (Phi) is 20.3. The molecule has 3 aliphatic heterocycles. The Morgan fingerprint density at radius 1 is 0.844 bits per heavy atom. The van der Waals surface area contributed by atoms with Crippen LogP contribution in [0, 0.1) is 35.5 Å². The number of amides is 1. The van der Waals surface area contributed by atoms with Gasteiger partial charge in [0.25, 0.3) is 11.7 Å². The van der Waals surface area contributed by atoms with Crippen LogP contribution in [0.2, 0.25) is 0 Å². The van der Waals surface area contributed by atoms with E-state index in [0.717, 1.165) is 5.57 Å². The van der Waals surface area contributed by atoms with Gasteiger partial charge in [-0.3, -0.25) is 19.2 Å². The Morgan fingerprint density at radius 2 is 1.56 bits per heavy atom. The maximum absolute atomic E-state index is 14.3. The molecule has 2 saturated heterocycles. The Bertz CT molecular complexity index is 1740. The summed E-state index contributed by atoms with van der Waals surface area (Å²) in [6, 6.07) is -1.16. The first-order valence-electron chi connectivity index (χ1n) is 23.5. The molecule has 360 valence electrons. The molecule has 64 heavy (non-hydrogen) atoms. The zero-order valence-electron chi connectivity index (χ0n) is 39.6. The number of allylic oxidation sites excluding steroid dienone is 6. The van der Waals surface area contributed by atoms with E-state index in [-0.39, 0.29) is 42.8 Å². The van der Waals surface area contributed by atoms with E-state index < -0.39 is 95.9 Å². The van der Waals surface area contributed by atoms with Gasteiger partial charge >= 0.3 is 5.97 Å². The molecule has 0 aromatic heterocycles. The average Bonchev–Trinajstić information content (AvgIpc) is 3.26. The molecule has 14 heteroatoms. The molecule has 4 aliphatic rings. The summed E-state index contributed by atoms with van der Waals surface area (Å²) < 4.78 is 23.7. The van der Waals surface area contributed by atoms with Gasteiger partial charge in [0.2, 0.25) is 5.79 Å². The first-order chi connectivity index (χ1) is 30.2. The Morgan fingerprint density at radius 3 is 2.23 bits per heavy atom. The number of nitrogens with zero attached hydrogens (tertiary/aromatic N) is 1. The molecule has 4 rings (SSSR count). The van der Waals surface area contributed by atoms with E-state index in [1.165, 1.54) is 12.0 Å². The van der Waals surface area contributed by atoms with Crippen molar-refractivity contribution >= 4 is 29.2 Å². The predicted octanol–water partition coefficient (Wildman–Crippen LogP) is 5.53. The van der Waals surface area contributed by atoms with Gasteiger partial charge in [-0.1, -0.05) is 71.1 Å². The third kappa shape index (κ3) is 13.8. The van der Waals surface area contributed by atoms with E-state index >= 15 is 0 Å². The number of Topliss-reactive ketones (excluding diaryl/α,β-unsaturated/α-hetero) is 3. The fourth-order valence-electron chi connectivity index (χ4n) is 9.88. The van der Waals surface area contributed by atoms with Gasteiger partial charge in [-0.25, -0.2) is 4.79 Å². The van der Waals surface area contributed by atoms with Crippen molar-refractivity contribution in [3.05, 3.63) is 47.6 Å². The van der Waals surface area contributed by atoms with Gasteiger partial charge in [-0.15, -0.1) is 0 Å². The number of hydrogen-bond donors (Lipinski definition) is 4. The molecule has 1 saturated carbocycles. The second-order valence-electron chi connectivity index (χ2n) is 19.4. The molecule has 14 nitrogen and oxygen atoms in total. The SMILES string of the molecule is CO[C@@H]1C[C@@H]2CC[C@@H](C)[C@@](O)(O2)C(=O)C(=O)N2CCCC[C@H]2C(=O)O[C@H]([C@H](C)C[C@@H]2CC[C@@H](O)[C@H](O)C2)CC(=O)[C@H](C)/C=C(/C)[C@@H](O)[C@@H](OC)C(=O)[C@H](C)C[C@@H](C)/C=C\C=CC=C1C. The standard InChI is InChI=1S/C50H77NO13/c1-29-15-11-10-12-16-30(2)42(61-8)27-37-20-18-35(7)50(60,64-37)47(57)48(58)51-22-14-13-17-38(51)49(59)63-43(32(4)25-36-19-21-39(52)41(54)26-36)28-40(53)31(3)24-34(6)45(56)46(62-9)44(55)33(5)23-29/h10-12,15-16,24,29,31-33,35-39,41-43,45-46,52,54,56,60H,13-14,17-23,25-28H2,1-9H3/b12-10?,15-11-,30-16?,34-24-/t29-,31+,32+,33+,35+,36-,37-,38-,39+,41+,42+,43-,45+,46-,50+/m0/s1. The minimum absolute atomic E-state index is 0.0134. The molecule has 0 aromatic rings. The van der Waals surface area contributed by atoms with Crippen molar-refractivity contribution in [1.82, 2.24) is 4.90 Å². The quantitative estimate of drug-likeness (QED) is 0.153. The van der Waals surface area contributed by atoms with Crippen LogP contribution in [-0.4, -0.2) is 130 Å². The molecule has 0 unspecified atom stereocenters. The van der Waals surface area contributed by atoms with E-state index in [9.17, 15) is 44.4 Å². The summed E-state index contributed by atoms with van der Waals surface area (Å²) >= 11 is 0. The number of carbonyl (C=O) groups is 5. The number of esters is 1. The number of hydrogen-bond acceptors (Lipinski definition) is 13. The summed E-state index contributed by atoms with van der Waals surface area (Å²) in [7, 11) is 2.94. The number of piperidine rings is 1. The summed E-state index contributed by atoms with van der Waals surface area (Å²) in [4.78, 5) is 71.5. The summed E-state index contributed by atoms with van der Waals surface area (Å²) in [6.45, 7) is 12.6. The van der Waals surface area contributed by atoms with Gasteiger partial charge in [0, 0.05) is 51.4 Å². The molecule has 2 bridgehead atoms. The van der Waals surface area contributed by atoms with Crippen LogP contribution in [0.4, 0.5) is 0 Å². The second kappa shape index (κ2) is 24.4. The summed E-state index contributed by atoms with van der Waals surface area (Å²) in [5.74, 6) is -8.29. The summed E-state index contributed by atoms with van der Waals surface area (Å²) in [5, 5.41) is 43.9. The fourth-order valence-corrected chi connectivity index (χ4v) is 9.88. The number of fused-ring (bicyclic) bond motifs is 3. The molecular weight excluding hydrogens is 823 g/mol. The first kappa shape index (κ1) is 53.2. The van der Waals surface area contributed by atoms with E-state index in [2.05, 4.69) is 0 Å². The van der Waals surface area contributed by atoms with Crippen molar-refractivity contribution in [3.8, 4) is 0 Å². The summed E-state index contributed by atoms with van der Waals surface area (Å²) in [6.07, 6.45) is 9.61. The van der Waals surface area contributed by atoms with Crippen molar-refractivity contribution in [2.75, 3.05) is 20.8 Å². The highest BCUT2D eigenvalue weighted by molar-refractivity contribution is 6.39. The van der Waals surface area contributed by atoms with Gasteiger partial charge in [0.05, 0.1) is 24.4 Å². The van der Waals surface area contributed by atoms with E-state index in [1.54, 1.807) is 40.9 Å². The van der Waals surface area contributed by atoms with Crippen LogP contribution in [0.25, 0.3) is 0 Å². The number of carbonyl (C=O) groups excluding carboxylic acids is 5. The van der Waals surface area contributed by atoms with Crippen molar-refractivity contribution < 1.29 is 63.3 Å². The lowest BCUT2D eigenvalue weighted by atomic mass is 9.78. The normalized spacial score (nSPS) is 39.5. The minimum Gasteiger partial charge on any atom is -0.460 e. The maximum atomic E-state index is 14.3. The van der Waals surface area contributed by atoms with Crippen LogP contribution in [0.15, 0.2) is 47.6 Å². The number of methoxy groups -OCH3 is 2. The van der Waals surface area contributed by atoms with Crippen LogP contribution < -0.4 is 0 Å². The largest absolute Gasteiger partial charge is 0.460 e. The zero-order valence-corrected chi connectivity index (χ0v) is 39.6. The maximum Gasteiger partial charge on any atom is 0.329 e. The van der Waals surface area contributed by atoms with E-state index in [0.29, 0.717) is 69.8 Å². The van der Waals surface area contributed by atoms with Crippen molar-refractivity contribution in [1.29, 1.82) is 0 Å². The lowest BCUT2D eigenvalue weighted by Crippen LogP contribution is -2.61. The zero-order chi connectivity index (χ0) is 47.5. The highest BCUT2D eigenvalue weighted by Gasteiger charge is 2.53. The van der Waals surface area contributed by atoms with E-state index in [4.69, 9.17) is 18.9 Å². The molecule has 15 atom stereocenters. The number of ether oxygens (including phenoxy) is 4. The molecular formula is C50H77NO13. The molecule has 0 spiro atoms. The molecule has 1 amide bonds. The highest BCUT2D eigenvalue weighted by Crippen LogP contribution is 2.37. The molecule has 3 fully saturated rings. The van der Waals surface area contributed by atoms with Gasteiger partial charge in [-0.2, -0.15) is 0 Å². The van der Waals surface area contributed by atoms with Gasteiger partial charge < -0.3 is 44.3 Å². The van der Waals surface area contributed by atoms with Crippen molar-refractivity contribution in [2.24, 2.45) is 35.5 Å². The Balaban J connectivity index is 1.70. The monoisotopic (exact) mass is 900 g/mol. The van der Waals surface area contributed by atoms with Crippen LogP contribution >= 0.6 is 0 Å². The second-order valence-corrected chi connectivity index (χ2v) is 19.4. The number of aliphatic hydroxyl groups is 4. The topological polar surface area (TPSA) is 206 Å². The van der Waals surface area contributed by atoms with Crippen molar-refractivity contribution in [3.63, 3.8) is 0 Å². The van der Waals surface area contributed by atoms with Crippen molar-refractivity contribution in [2.45, 2.75) is 180 Å². The Hall–Kier alpha value is -3.37. The lowest BCUT2D eigenvalue weighted by molar-refractivity contribution is -0.265. The van der Waals surface area contributed by atoms with Crippen LogP contribution in [0.1, 0.15) is 126 Å². The molecule has 0 radical (unpaired) electrons. The lowest BCUT2D eigenvalue weighted by Gasteiger charge is -2.42. The molecule has 0 aromatic carbocycles. The number of aliphatic hydroxyl groups excluding tert-OH is 3. The predicted molar refractivity (Wildman–Crippen MR) is 240 cm³/mol. The molecule has 4 N–H and O–H groups in total. The number of cyclic esters (lactones) is 1. The van der Waals surface area contributed by atoms with Crippen LogP contribution in [0.3, 0.4) is 0 Å². The van der Waals surface area contributed by atoms with Gasteiger partial charge in [0.15, 0.2) is 5.78 Å². The first-order valence-corrected chi connectivity index (χ1v) is 23.5. The number of rotatable bonds is 5.